The molecule has 1 N–H and O–H groups in total. The molecule has 1 aliphatic heterocycles. The quantitative estimate of drug-likeness (QED) is 0.417. The first-order valence-corrected chi connectivity index (χ1v) is 12.7. The Balaban J connectivity index is 1.43. The van der Waals surface area contributed by atoms with Crippen LogP contribution in [0.1, 0.15) is 16.7 Å². The molecular formula is C27H31N7O2S. The van der Waals surface area contributed by atoms with E-state index in [0.717, 1.165) is 15.8 Å². The number of anilines is 2. The largest absolute Gasteiger partial charge is 0.345 e. The maximum absolute atomic E-state index is 13.2. The van der Waals surface area contributed by atoms with E-state index in [-0.39, 0.29) is 11.2 Å². The molecule has 192 valence electrons. The van der Waals surface area contributed by atoms with Crippen molar-refractivity contribution in [2.45, 2.75) is 20.4 Å². The van der Waals surface area contributed by atoms with Crippen LogP contribution < -0.4 is 21.5 Å². The summed E-state index contributed by atoms with van der Waals surface area (Å²) in [5.74, 6) is 0.685. The highest BCUT2D eigenvalue weighted by Gasteiger charge is 2.26. The molecular weight excluding hydrogens is 486 g/mol. The van der Waals surface area contributed by atoms with E-state index < -0.39 is 0 Å². The van der Waals surface area contributed by atoms with E-state index in [4.69, 9.17) is 17.2 Å². The summed E-state index contributed by atoms with van der Waals surface area (Å²) in [6.45, 7) is 7.41. The predicted octanol–water partition coefficient (Wildman–Crippen LogP) is 2.62. The predicted molar refractivity (Wildman–Crippen MR) is 152 cm³/mol. The highest BCUT2D eigenvalue weighted by atomic mass is 32.1. The van der Waals surface area contributed by atoms with Gasteiger partial charge in [0.15, 0.2) is 16.3 Å². The summed E-state index contributed by atoms with van der Waals surface area (Å²) in [6.07, 6.45) is 0. The van der Waals surface area contributed by atoms with Gasteiger partial charge in [-0.2, -0.15) is 4.98 Å². The minimum absolute atomic E-state index is 0.342. The first kappa shape index (κ1) is 24.8. The fourth-order valence-corrected chi connectivity index (χ4v) is 5.25. The number of hydrogen-bond acceptors (Lipinski definition) is 5. The van der Waals surface area contributed by atoms with Crippen LogP contribution in [-0.2, 0) is 20.6 Å². The third-order valence-electron chi connectivity index (χ3n) is 6.83. The standard InChI is InChI=1S/C27H31N7O2S/c1-18-14-19(2)16-21(15-18)28-26(37)33-12-10-32(11-13-33)25-29-23-22(24(35)31(4)27(36)30(23)3)34(25)17-20-8-6-5-7-9-20/h5-9,14-16H,10-13,17H2,1-4H3,(H,28,37). The number of rotatable bonds is 4. The molecule has 1 aliphatic rings. The van der Waals surface area contributed by atoms with Crippen LogP contribution in [0.15, 0.2) is 58.1 Å². The first-order valence-electron chi connectivity index (χ1n) is 12.3. The van der Waals surface area contributed by atoms with Crippen LogP contribution in [0.25, 0.3) is 11.2 Å². The minimum Gasteiger partial charge on any atom is -0.345 e. The van der Waals surface area contributed by atoms with Crippen LogP contribution in [0.5, 0.6) is 0 Å². The smallest absolute Gasteiger partial charge is 0.332 e. The summed E-state index contributed by atoms with van der Waals surface area (Å²) < 4.78 is 4.53. The number of piperazine rings is 1. The zero-order valence-electron chi connectivity index (χ0n) is 21.6. The van der Waals surface area contributed by atoms with Gasteiger partial charge in [-0.25, -0.2) is 4.79 Å². The summed E-state index contributed by atoms with van der Waals surface area (Å²) >= 11 is 5.72. The normalized spacial score (nSPS) is 13.8. The lowest BCUT2D eigenvalue weighted by Crippen LogP contribution is -2.50. The topological polar surface area (TPSA) is 80.3 Å². The van der Waals surface area contributed by atoms with Gasteiger partial charge in [0.25, 0.3) is 5.56 Å². The van der Waals surface area contributed by atoms with E-state index in [2.05, 4.69) is 47.2 Å². The van der Waals surface area contributed by atoms with Crippen LogP contribution in [0.2, 0.25) is 0 Å². The molecule has 9 nitrogen and oxygen atoms in total. The molecule has 0 saturated carbocycles. The first-order chi connectivity index (χ1) is 17.7. The summed E-state index contributed by atoms with van der Waals surface area (Å²) in [6, 6.07) is 16.3. The van der Waals surface area contributed by atoms with Gasteiger partial charge in [-0.3, -0.25) is 18.5 Å². The summed E-state index contributed by atoms with van der Waals surface area (Å²) in [7, 11) is 3.16. The van der Waals surface area contributed by atoms with E-state index in [1.165, 1.54) is 22.7 Å². The Morgan fingerprint density at radius 3 is 2.24 bits per heavy atom. The molecule has 3 heterocycles. The van der Waals surface area contributed by atoms with Crippen molar-refractivity contribution in [2.24, 2.45) is 14.1 Å². The summed E-state index contributed by atoms with van der Waals surface area (Å²) in [5.41, 5.74) is 4.52. The van der Waals surface area contributed by atoms with E-state index in [0.29, 0.717) is 54.9 Å². The third kappa shape index (κ3) is 4.76. The number of nitrogens with one attached hydrogen (secondary N) is 1. The second-order valence-electron chi connectivity index (χ2n) is 9.64. The van der Waals surface area contributed by atoms with Gasteiger partial charge in [-0.15, -0.1) is 0 Å². The molecule has 0 spiro atoms. The number of nitrogens with zero attached hydrogens (tertiary/aromatic N) is 6. The monoisotopic (exact) mass is 517 g/mol. The Kier molecular flexibility index (Phi) is 6.59. The Labute approximate surface area is 220 Å². The summed E-state index contributed by atoms with van der Waals surface area (Å²) in [5, 5.41) is 4.07. The SMILES string of the molecule is Cc1cc(C)cc(NC(=S)N2CCN(c3nc4c(c(=O)n(C)c(=O)n4C)n3Cc3ccccc3)CC2)c1. The van der Waals surface area contributed by atoms with Gasteiger partial charge in [0.1, 0.15) is 0 Å². The van der Waals surface area contributed by atoms with Crippen LogP contribution in [0.4, 0.5) is 11.6 Å². The van der Waals surface area contributed by atoms with Crippen LogP contribution in [0, 0.1) is 13.8 Å². The number of aromatic nitrogens is 4. The Hall–Kier alpha value is -3.92. The number of benzene rings is 2. The number of thiocarbonyl (C=S) groups is 1. The van der Waals surface area contributed by atoms with Gasteiger partial charge >= 0.3 is 5.69 Å². The van der Waals surface area contributed by atoms with Crippen molar-refractivity contribution in [1.29, 1.82) is 0 Å². The molecule has 2 aromatic heterocycles. The van der Waals surface area contributed by atoms with Gasteiger partial charge in [0, 0.05) is 46.0 Å². The van der Waals surface area contributed by atoms with Crippen molar-refractivity contribution in [2.75, 3.05) is 36.4 Å². The maximum Gasteiger partial charge on any atom is 0.332 e. The molecule has 5 rings (SSSR count). The lowest BCUT2D eigenvalue weighted by molar-refractivity contribution is 0.386. The molecule has 0 unspecified atom stereocenters. The molecule has 0 radical (unpaired) electrons. The lowest BCUT2D eigenvalue weighted by Gasteiger charge is -2.36. The van der Waals surface area contributed by atoms with E-state index >= 15 is 0 Å². The molecule has 1 fully saturated rings. The Morgan fingerprint density at radius 1 is 0.946 bits per heavy atom. The Morgan fingerprint density at radius 2 is 1.59 bits per heavy atom. The zero-order valence-corrected chi connectivity index (χ0v) is 22.4. The fraction of sp³-hybridized carbons (Fsp3) is 0.333. The molecule has 0 amide bonds. The number of hydrogen-bond donors (Lipinski definition) is 1. The van der Waals surface area contributed by atoms with Crippen LogP contribution in [-0.4, -0.2) is 54.9 Å². The van der Waals surface area contributed by atoms with Crippen molar-refractivity contribution < 1.29 is 0 Å². The molecule has 0 aliphatic carbocycles. The van der Waals surface area contributed by atoms with Crippen molar-refractivity contribution >= 4 is 40.1 Å². The van der Waals surface area contributed by atoms with Gasteiger partial charge in [0.2, 0.25) is 5.95 Å². The fourth-order valence-electron chi connectivity index (χ4n) is 4.95. The zero-order chi connectivity index (χ0) is 26.3. The van der Waals surface area contributed by atoms with Gasteiger partial charge in [0.05, 0.1) is 6.54 Å². The molecule has 4 aromatic rings. The van der Waals surface area contributed by atoms with Gasteiger partial charge < -0.3 is 15.1 Å². The van der Waals surface area contributed by atoms with Crippen LogP contribution >= 0.6 is 12.2 Å². The lowest BCUT2D eigenvalue weighted by atomic mass is 10.1. The summed E-state index contributed by atoms with van der Waals surface area (Å²) in [4.78, 5) is 35.0. The molecule has 1 saturated heterocycles. The number of imidazole rings is 1. The van der Waals surface area contributed by atoms with E-state index in [9.17, 15) is 9.59 Å². The van der Waals surface area contributed by atoms with Crippen molar-refractivity contribution in [3.63, 3.8) is 0 Å². The van der Waals surface area contributed by atoms with Crippen molar-refractivity contribution in [3.05, 3.63) is 86.1 Å². The molecule has 37 heavy (non-hydrogen) atoms. The second-order valence-corrected chi connectivity index (χ2v) is 10.0. The number of fused-ring (bicyclic) bond motifs is 1. The van der Waals surface area contributed by atoms with Crippen LogP contribution in [0.3, 0.4) is 0 Å². The Bertz CT molecular complexity index is 1580. The highest BCUT2D eigenvalue weighted by Crippen LogP contribution is 2.23. The second kappa shape index (κ2) is 9.85. The minimum atomic E-state index is -0.388. The van der Waals surface area contributed by atoms with Crippen molar-refractivity contribution in [1.82, 2.24) is 23.6 Å². The molecule has 10 heteroatoms. The van der Waals surface area contributed by atoms with E-state index in [1.54, 1.807) is 7.05 Å². The van der Waals surface area contributed by atoms with Gasteiger partial charge in [-0.05, 0) is 54.9 Å². The average molecular weight is 518 g/mol. The number of aryl methyl sites for hydroxylation is 3. The maximum atomic E-state index is 13.2. The molecule has 0 atom stereocenters. The average Bonchev–Trinajstić information content (AvgIpc) is 3.25. The third-order valence-corrected chi connectivity index (χ3v) is 7.19. The highest BCUT2D eigenvalue weighted by molar-refractivity contribution is 7.80. The van der Waals surface area contributed by atoms with E-state index in [1.807, 2.05) is 34.9 Å². The molecule has 0 bridgehead atoms. The molecule has 2 aromatic carbocycles. The van der Waals surface area contributed by atoms with Crippen molar-refractivity contribution in [3.8, 4) is 0 Å². The van der Waals surface area contributed by atoms with Gasteiger partial charge in [-0.1, -0.05) is 36.4 Å².